The van der Waals surface area contributed by atoms with E-state index in [1.165, 1.54) is 5.01 Å². The molecular formula is C25H45N5O6. The molecule has 11 heteroatoms. The smallest absolute Gasteiger partial charge is 0.293 e. The van der Waals surface area contributed by atoms with Gasteiger partial charge in [0, 0.05) is 50.7 Å². The molecular weight excluding hydrogens is 466 g/mol. The van der Waals surface area contributed by atoms with Crippen LogP contribution in [0, 0.1) is 11.8 Å². The summed E-state index contributed by atoms with van der Waals surface area (Å²) >= 11 is 0. The number of nitrogens with two attached hydrogens (primary N) is 2. The van der Waals surface area contributed by atoms with Crippen LogP contribution in [-0.2, 0) is 28.7 Å². The summed E-state index contributed by atoms with van der Waals surface area (Å²) in [7, 11) is 1.76. The monoisotopic (exact) mass is 511 g/mol. The molecule has 1 unspecified atom stereocenters. The van der Waals surface area contributed by atoms with Gasteiger partial charge in [-0.1, -0.05) is 0 Å². The first kappa shape index (κ1) is 31.4. The number of aldehydes is 1. The van der Waals surface area contributed by atoms with Gasteiger partial charge in [0.25, 0.3) is 6.47 Å². The average molecular weight is 512 g/mol. The van der Waals surface area contributed by atoms with Crippen LogP contribution in [0.5, 0.6) is 0 Å². The van der Waals surface area contributed by atoms with Gasteiger partial charge < -0.3 is 35.2 Å². The maximum atomic E-state index is 12.6. The van der Waals surface area contributed by atoms with Crippen molar-refractivity contribution in [3.63, 3.8) is 0 Å². The molecule has 1 fully saturated rings. The Morgan fingerprint density at radius 3 is 2.47 bits per heavy atom. The molecule has 36 heavy (non-hydrogen) atoms. The van der Waals surface area contributed by atoms with Gasteiger partial charge in [-0.15, -0.1) is 0 Å². The van der Waals surface area contributed by atoms with Gasteiger partial charge in [-0.05, 0) is 52.4 Å². The van der Waals surface area contributed by atoms with E-state index in [0.29, 0.717) is 44.3 Å². The molecule has 0 radical (unpaired) electrons. The fourth-order valence-corrected chi connectivity index (χ4v) is 3.99. The lowest BCUT2D eigenvalue weighted by molar-refractivity contribution is -0.132. The lowest BCUT2D eigenvalue weighted by Crippen LogP contribution is -2.49. The van der Waals surface area contributed by atoms with E-state index in [1.807, 2.05) is 20.8 Å². The molecule has 0 bridgehead atoms. The SMILES string of the molecule is CC(CCOC=O)OCC(C)(C)N(N)/C=C(\N)CNC(=O)C1CCC(CN(C)C(=O)CCC=O)CC1. The van der Waals surface area contributed by atoms with Gasteiger partial charge >= 0.3 is 0 Å². The Morgan fingerprint density at radius 2 is 1.86 bits per heavy atom. The van der Waals surface area contributed by atoms with Crippen molar-refractivity contribution in [2.24, 2.45) is 23.4 Å². The first-order chi connectivity index (χ1) is 17.0. The first-order valence-electron chi connectivity index (χ1n) is 12.6. The fourth-order valence-electron chi connectivity index (χ4n) is 3.99. The zero-order valence-electron chi connectivity index (χ0n) is 22.2. The Kier molecular flexibility index (Phi) is 14.1. The molecule has 2 amide bonds. The molecule has 0 saturated heterocycles. The minimum Gasteiger partial charge on any atom is -0.468 e. The van der Waals surface area contributed by atoms with Gasteiger partial charge in [-0.25, -0.2) is 5.84 Å². The van der Waals surface area contributed by atoms with Crippen molar-refractivity contribution in [1.82, 2.24) is 15.2 Å². The van der Waals surface area contributed by atoms with Crippen LogP contribution in [0.25, 0.3) is 0 Å². The summed E-state index contributed by atoms with van der Waals surface area (Å²) in [6.07, 6.45) is 6.61. The molecule has 1 atom stereocenters. The predicted octanol–water partition coefficient (Wildman–Crippen LogP) is 1.07. The average Bonchev–Trinajstić information content (AvgIpc) is 2.85. The quantitative estimate of drug-likeness (QED) is 0.112. The molecule has 0 aromatic rings. The van der Waals surface area contributed by atoms with E-state index < -0.39 is 5.54 Å². The number of nitrogens with zero attached hydrogens (tertiary/aromatic N) is 2. The number of ether oxygens (including phenoxy) is 2. The Labute approximate surface area is 214 Å². The predicted molar refractivity (Wildman–Crippen MR) is 136 cm³/mol. The summed E-state index contributed by atoms with van der Waals surface area (Å²) in [6, 6.07) is 0. The summed E-state index contributed by atoms with van der Waals surface area (Å²) < 4.78 is 10.5. The molecule has 0 aromatic heterocycles. The summed E-state index contributed by atoms with van der Waals surface area (Å²) in [5, 5.41) is 4.37. The van der Waals surface area contributed by atoms with E-state index in [-0.39, 0.29) is 43.2 Å². The van der Waals surface area contributed by atoms with E-state index >= 15 is 0 Å². The maximum Gasteiger partial charge on any atom is 0.293 e. The minimum absolute atomic E-state index is 0.0216. The molecule has 206 valence electrons. The number of carbonyl (C=O) groups is 4. The van der Waals surface area contributed by atoms with E-state index in [0.717, 1.165) is 32.0 Å². The standard InChI is InChI=1S/C25H45N5O6/c1-19(11-13-35-18-32)36-17-25(2,3)30(27)16-22(26)14-28-24(34)21-9-7-20(8-10-21)15-29(4)23(33)6-5-12-31/h12,16,18-21H,5-11,13-15,17,26-27H2,1-4H3,(H,28,34)/b22-16-. The molecule has 1 aliphatic carbocycles. The van der Waals surface area contributed by atoms with Gasteiger partial charge in [-0.2, -0.15) is 0 Å². The van der Waals surface area contributed by atoms with Crippen molar-refractivity contribution in [1.29, 1.82) is 0 Å². The normalized spacial score (nSPS) is 19.2. The summed E-state index contributed by atoms with van der Waals surface area (Å²) in [4.78, 5) is 47.0. The molecule has 1 rings (SSSR count). The first-order valence-corrected chi connectivity index (χ1v) is 12.6. The molecule has 0 heterocycles. The molecule has 1 aliphatic rings. The van der Waals surface area contributed by atoms with Gasteiger partial charge in [0.1, 0.15) is 6.29 Å². The summed E-state index contributed by atoms with van der Waals surface area (Å²) in [6.45, 7) is 7.61. The Balaban J connectivity index is 2.39. The Bertz CT molecular complexity index is 736. The van der Waals surface area contributed by atoms with E-state index in [2.05, 4.69) is 10.1 Å². The van der Waals surface area contributed by atoms with Crippen molar-refractivity contribution in [2.75, 3.05) is 33.4 Å². The van der Waals surface area contributed by atoms with Crippen molar-refractivity contribution >= 4 is 24.6 Å². The van der Waals surface area contributed by atoms with Crippen molar-refractivity contribution in [3.8, 4) is 0 Å². The lowest BCUT2D eigenvalue weighted by Gasteiger charge is -2.35. The number of hydrogen-bond donors (Lipinski definition) is 3. The van der Waals surface area contributed by atoms with Crippen LogP contribution in [0.15, 0.2) is 11.9 Å². The second-order valence-corrected chi connectivity index (χ2v) is 10.2. The molecule has 0 aliphatic heterocycles. The van der Waals surface area contributed by atoms with E-state index in [4.69, 9.17) is 16.3 Å². The maximum absolute atomic E-state index is 12.6. The van der Waals surface area contributed by atoms with E-state index in [1.54, 1.807) is 18.1 Å². The van der Waals surface area contributed by atoms with Crippen LogP contribution in [0.2, 0.25) is 0 Å². The zero-order valence-corrected chi connectivity index (χ0v) is 22.2. The highest BCUT2D eigenvalue weighted by Crippen LogP contribution is 2.29. The highest BCUT2D eigenvalue weighted by Gasteiger charge is 2.28. The van der Waals surface area contributed by atoms with E-state index in [9.17, 15) is 19.2 Å². The number of carbonyl (C=O) groups excluding carboxylic acids is 4. The molecule has 11 nitrogen and oxygen atoms in total. The lowest BCUT2D eigenvalue weighted by atomic mass is 9.81. The number of hydrazine groups is 1. The molecule has 5 N–H and O–H groups in total. The second kappa shape index (κ2) is 16.2. The van der Waals surface area contributed by atoms with Gasteiger partial charge in [0.2, 0.25) is 11.8 Å². The number of hydrogen-bond acceptors (Lipinski definition) is 9. The highest BCUT2D eigenvalue weighted by atomic mass is 16.5. The largest absolute Gasteiger partial charge is 0.468 e. The van der Waals surface area contributed by atoms with Gasteiger partial charge in [-0.3, -0.25) is 14.4 Å². The van der Waals surface area contributed by atoms with Crippen LogP contribution in [0.4, 0.5) is 0 Å². The zero-order chi connectivity index (χ0) is 27.1. The number of amides is 2. The third-order valence-electron chi connectivity index (χ3n) is 6.55. The van der Waals surface area contributed by atoms with Crippen LogP contribution in [0.1, 0.15) is 65.7 Å². The second-order valence-electron chi connectivity index (χ2n) is 10.2. The third-order valence-corrected chi connectivity index (χ3v) is 6.55. The van der Waals surface area contributed by atoms with Crippen LogP contribution in [-0.4, -0.2) is 79.5 Å². The third kappa shape index (κ3) is 11.9. The summed E-state index contributed by atoms with van der Waals surface area (Å²) in [5.41, 5.74) is 5.98. The topological polar surface area (TPSA) is 157 Å². The van der Waals surface area contributed by atoms with Crippen LogP contribution >= 0.6 is 0 Å². The van der Waals surface area contributed by atoms with Gasteiger partial charge in [0.15, 0.2) is 0 Å². The highest BCUT2D eigenvalue weighted by molar-refractivity contribution is 5.79. The van der Waals surface area contributed by atoms with Crippen molar-refractivity contribution < 1.29 is 28.7 Å². The fraction of sp³-hybridized carbons (Fsp3) is 0.760. The molecule has 1 saturated carbocycles. The van der Waals surface area contributed by atoms with Crippen LogP contribution < -0.4 is 16.9 Å². The number of nitrogens with one attached hydrogen (secondary N) is 1. The van der Waals surface area contributed by atoms with Crippen molar-refractivity contribution in [3.05, 3.63) is 11.9 Å². The Hall–Kier alpha value is -2.66. The van der Waals surface area contributed by atoms with Gasteiger partial charge in [0.05, 0.1) is 31.4 Å². The van der Waals surface area contributed by atoms with Crippen molar-refractivity contribution in [2.45, 2.75) is 77.4 Å². The minimum atomic E-state index is -0.547. The molecule has 0 aromatic carbocycles. The molecule has 0 spiro atoms. The summed E-state index contributed by atoms with van der Waals surface area (Å²) in [5.74, 6) is 6.41. The Morgan fingerprint density at radius 1 is 1.19 bits per heavy atom. The van der Waals surface area contributed by atoms with Crippen LogP contribution in [0.3, 0.4) is 0 Å². The number of rotatable bonds is 17.